The molecule has 3 rings (SSSR count). The van der Waals surface area contributed by atoms with Gasteiger partial charge >= 0.3 is 0 Å². The Morgan fingerprint density at radius 1 is 1.09 bits per heavy atom. The zero-order valence-corrected chi connectivity index (χ0v) is 19.8. The van der Waals surface area contributed by atoms with Gasteiger partial charge in [0.25, 0.3) is 5.56 Å². The van der Waals surface area contributed by atoms with Crippen molar-refractivity contribution in [3.8, 4) is 0 Å². The third-order valence-corrected chi connectivity index (χ3v) is 5.54. The van der Waals surface area contributed by atoms with E-state index < -0.39 is 6.04 Å². The van der Waals surface area contributed by atoms with Gasteiger partial charge in [0.15, 0.2) is 0 Å². The number of carbonyl (C=O) groups excluding carboxylic acids is 1. The molecule has 7 nitrogen and oxygen atoms in total. The van der Waals surface area contributed by atoms with Gasteiger partial charge in [-0.15, -0.1) is 0 Å². The molecule has 0 fully saturated rings. The first-order valence-corrected chi connectivity index (χ1v) is 11.1. The number of rotatable bonds is 10. The summed E-state index contributed by atoms with van der Waals surface area (Å²) in [6.07, 6.45) is 3.39. The number of methoxy groups -OCH3 is 1. The number of para-hydroxylation sites is 1. The van der Waals surface area contributed by atoms with E-state index in [4.69, 9.17) is 9.72 Å². The molecule has 0 radical (unpaired) electrons. The summed E-state index contributed by atoms with van der Waals surface area (Å²) < 4.78 is 6.87. The van der Waals surface area contributed by atoms with Crippen LogP contribution in [0.3, 0.4) is 0 Å². The predicted molar refractivity (Wildman–Crippen MR) is 132 cm³/mol. The molecule has 0 aliphatic rings. The van der Waals surface area contributed by atoms with Crippen molar-refractivity contribution in [2.45, 2.75) is 19.5 Å². The first-order valence-electron chi connectivity index (χ1n) is 11.1. The van der Waals surface area contributed by atoms with E-state index in [1.165, 1.54) is 0 Å². The fourth-order valence-electron chi connectivity index (χ4n) is 3.67. The van der Waals surface area contributed by atoms with E-state index in [9.17, 15) is 9.59 Å². The maximum absolute atomic E-state index is 13.3. The Morgan fingerprint density at radius 3 is 2.48 bits per heavy atom. The number of fused-ring (bicyclic) bond motifs is 1. The number of ether oxygens (including phenoxy) is 1. The minimum Gasteiger partial charge on any atom is -0.383 e. The first kappa shape index (κ1) is 24.4. The Kier molecular flexibility index (Phi) is 8.52. The second kappa shape index (κ2) is 11.5. The lowest BCUT2D eigenvalue weighted by molar-refractivity contribution is -0.128. The molecule has 1 amide bonds. The van der Waals surface area contributed by atoms with Crippen LogP contribution in [-0.2, 0) is 16.1 Å². The van der Waals surface area contributed by atoms with Crippen molar-refractivity contribution < 1.29 is 9.53 Å². The summed E-state index contributed by atoms with van der Waals surface area (Å²) >= 11 is 0. The summed E-state index contributed by atoms with van der Waals surface area (Å²) in [7, 11) is 5.54. The van der Waals surface area contributed by atoms with Crippen LogP contribution in [-0.4, -0.2) is 66.2 Å². The molecule has 7 heteroatoms. The number of likely N-dealkylation sites (N-methyl/N-ethyl adjacent to an activating group) is 1. The van der Waals surface area contributed by atoms with Gasteiger partial charge in [-0.2, -0.15) is 0 Å². The predicted octanol–water partition coefficient (Wildman–Crippen LogP) is 3.21. The molecule has 3 aromatic rings. The van der Waals surface area contributed by atoms with Crippen LogP contribution in [0.2, 0.25) is 0 Å². The summed E-state index contributed by atoms with van der Waals surface area (Å²) in [6, 6.07) is 16.6. The van der Waals surface area contributed by atoms with Gasteiger partial charge in [0.2, 0.25) is 5.91 Å². The minimum absolute atomic E-state index is 0.126. The van der Waals surface area contributed by atoms with Crippen molar-refractivity contribution in [1.82, 2.24) is 19.4 Å². The molecule has 1 heterocycles. The van der Waals surface area contributed by atoms with Crippen LogP contribution >= 0.6 is 0 Å². The van der Waals surface area contributed by atoms with E-state index in [-0.39, 0.29) is 11.5 Å². The van der Waals surface area contributed by atoms with Crippen LogP contribution in [0.25, 0.3) is 17.0 Å². The molecule has 1 aromatic heterocycles. The average Bonchev–Trinajstić information content (AvgIpc) is 2.82. The monoisotopic (exact) mass is 448 g/mol. The molecule has 0 bridgehead atoms. The standard InChI is InChI=1S/C26H32N4O3/c1-20(25-27-23-13-9-8-12-22(23)26(32)30(25)18-19-33-4)29(17-16-28(2)3)24(31)15-14-21-10-6-5-7-11-21/h5-15,20H,16-19H2,1-4H3. The summed E-state index contributed by atoms with van der Waals surface area (Å²) in [6.45, 7) is 3.84. The molecule has 0 aliphatic carbocycles. The molecule has 2 aromatic carbocycles. The molecule has 0 saturated heterocycles. The van der Waals surface area contributed by atoms with Gasteiger partial charge in [-0.1, -0.05) is 42.5 Å². The number of hydrogen-bond donors (Lipinski definition) is 0. The number of aromatic nitrogens is 2. The Balaban J connectivity index is 2.02. The molecule has 33 heavy (non-hydrogen) atoms. The van der Waals surface area contributed by atoms with E-state index in [2.05, 4.69) is 0 Å². The van der Waals surface area contributed by atoms with Gasteiger partial charge in [-0.3, -0.25) is 14.2 Å². The third-order valence-electron chi connectivity index (χ3n) is 5.54. The normalized spacial score (nSPS) is 12.5. The number of hydrogen-bond acceptors (Lipinski definition) is 5. The molecular weight excluding hydrogens is 416 g/mol. The first-order chi connectivity index (χ1) is 15.9. The fraction of sp³-hybridized carbons (Fsp3) is 0.346. The topological polar surface area (TPSA) is 67.7 Å². The van der Waals surface area contributed by atoms with E-state index in [0.717, 1.165) is 5.56 Å². The lowest BCUT2D eigenvalue weighted by Gasteiger charge is -2.30. The van der Waals surface area contributed by atoms with Gasteiger partial charge < -0.3 is 14.5 Å². The quantitative estimate of drug-likeness (QED) is 0.446. The number of benzene rings is 2. The van der Waals surface area contributed by atoms with Crippen molar-refractivity contribution in [3.05, 3.63) is 82.4 Å². The summed E-state index contributed by atoms with van der Waals surface area (Å²) in [4.78, 5) is 35.2. The van der Waals surface area contributed by atoms with Crippen LogP contribution in [0.1, 0.15) is 24.4 Å². The van der Waals surface area contributed by atoms with Crippen molar-refractivity contribution in [1.29, 1.82) is 0 Å². The highest BCUT2D eigenvalue weighted by atomic mass is 16.5. The van der Waals surface area contributed by atoms with Crippen LogP contribution in [0.15, 0.2) is 65.5 Å². The highest BCUT2D eigenvalue weighted by Gasteiger charge is 2.25. The minimum atomic E-state index is -0.410. The number of nitrogens with zero attached hydrogens (tertiary/aromatic N) is 4. The lowest BCUT2D eigenvalue weighted by Crippen LogP contribution is -2.40. The number of amides is 1. The smallest absolute Gasteiger partial charge is 0.261 e. The van der Waals surface area contributed by atoms with Crippen LogP contribution in [0.4, 0.5) is 0 Å². The second-order valence-electron chi connectivity index (χ2n) is 8.19. The maximum atomic E-state index is 13.3. The Hall–Kier alpha value is -3.29. The largest absolute Gasteiger partial charge is 0.383 e. The third kappa shape index (κ3) is 6.15. The molecule has 0 saturated carbocycles. The summed E-state index contributed by atoms with van der Waals surface area (Å²) in [5.74, 6) is 0.421. The Labute approximate surface area is 194 Å². The van der Waals surface area contributed by atoms with Crippen LogP contribution < -0.4 is 5.56 Å². The maximum Gasteiger partial charge on any atom is 0.261 e. The molecule has 0 spiro atoms. The van der Waals surface area contributed by atoms with Crippen molar-refractivity contribution >= 4 is 22.9 Å². The molecule has 1 unspecified atom stereocenters. The van der Waals surface area contributed by atoms with Crippen LogP contribution in [0, 0.1) is 0 Å². The van der Waals surface area contributed by atoms with Gasteiger partial charge in [0.05, 0.1) is 30.1 Å². The van der Waals surface area contributed by atoms with Gasteiger partial charge in [-0.25, -0.2) is 4.98 Å². The van der Waals surface area contributed by atoms with Gasteiger partial charge in [0.1, 0.15) is 5.82 Å². The second-order valence-corrected chi connectivity index (χ2v) is 8.19. The molecule has 0 N–H and O–H groups in total. The van der Waals surface area contributed by atoms with E-state index in [0.29, 0.717) is 43.0 Å². The van der Waals surface area contributed by atoms with Gasteiger partial charge in [0, 0.05) is 26.3 Å². The highest BCUT2D eigenvalue weighted by molar-refractivity contribution is 5.92. The molecule has 0 aliphatic heterocycles. The Bertz CT molecular complexity index is 1160. The lowest BCUT2D eigenvalue weighted by atomic mass is 10.1. The van der Waals surface area contributed by atoms with Crippen molar-refractivity contribution in [3.63, 3.8) is 0 Å². The van der Waals surface area contributed by atoms with Gasteiger partial charge in [-0.05, 0) is 44.8 Å². The zero-order valence-electron chi connectivity index (χ0n) is 19.8. The van der Waals surface area contributed by atoms with Crippen molar-refractivity contribution in [2.24, 2.45) is 0 Å². The highest BCUT2D eigenvalue weighted by Crippen LogP contribution is 2.21. The zero-order chi connectivity index (χ0) is 23.8. The van der Waals surface area contributed by atoms with Crippen molar-refractivity contribution in [2.75, 3.05) is 40.9 Å². The van der Waals surface area contributed by atoms with E-state index in [1.807, 2.05) is 80.5 Å². The fourth-order valence-corrected chi connectivity index (χ4v) is 3.67. The molecule has 174 valence electrons. The Morgan fingerprint density at radius 2 is 1.79 bits per heavy atom. The SMILES string of the molecule is COCCn1c(C(C)N(CCN(C)C)C(=O)C=Cc2ccccc2)nc2ccccc2c1=O. The van der Waals surface area contributed by atoms with E-state index >= 15 is 0 Å². The molecule has 1 atom stereocenters. The number of carbonyl (C=O) groups is 1. The van der Waals surface area contributed by atoms with E-state index in [1.54, 1.807) is 28.7 Å². The molecular formula is C26H32N4O3. The summed E-state index contributed by atoms with van der Waals surface area (Å²) in [5, 5.41) is 0.555. The van der Waals surface area contributed by atoms with Crippen LogP contribution in [0.5, 0.6) is 0 Å². The average molecular weight is 449 g/mol. The summed E-state index contributed by atoms with van der Waals surface area (Å²) in [5.41, 5.74) is 1.45.